The van der Waals surface area contributed by atoms with Gasteiger partial charge in [0.1, 0.15) is 23.2 Å². The Labute approximate surface area is 113 Å². The van der Waals surface area contributed by atoms with Gasteiger partial charge in [0.15, 0.2) is 0 Å². The molecule has 0 aliphatic heterocycles. The molecule has 20 heavy (non-hydrogen) atoms. The molecule has 0 atom stereocenters. The monoisotopic (exact) mass is 281 g/mol. The van der Waals surface area contributed by atoms with Crippen LogP contribution in [-0.2, 0) is 0 Å². The Bertz CT molecular complexity index is 639. The first kappa shape index (κ1) is 13.9. The number of hydrogen-bond donors (Lipinski definition) is 1. The highest BCUT2D eigenvalue weighted by molar-refractivity contribution is 6.06. The Kier molecular flexibility index (Phi) is 3.93. The van der Waals surface area contributed by atoms with E-state index >= 15 is 0 Å². The topological polar surface area (TPSA) is 38.3 Å². The maximum absolute atomic E-state index is 13.2. The standard InChI is InChI=1S/C14H10F3NO2/c1-20-13-3-2-8(15)7-12(13)14(19)18-11-5-9(16)4-10(17)6-11/h2-7H,1H3,(H,18,19). The number of benzene rings is 2. The van der Waals surface area contributed by atoms with Crippen LogP contribution in [0.2, 0.25) is 0 Å². The molecule has 2 aromatic carbocycles. The van der Waals surface area contributed by atoms with Crippen molar-refractivity contribution in [3.8, 4) is 5.75 Å². The molecule has 0 radical (unpaired) electrons. The lowest BCUT2D eigenvalue weighted by Gasteiger charge is -2.09. The minimum absolute atomic E-state index is 0.0705. The van der Waals surface area contributed by atoms with Crippen molar-refractivity contribution in [1.82, 2.24) is 0 Å². The molecule has 2 rings (SSSR count). The van der Waals surface area contributed by atoms with E-state index in [9.17, 15) is 18.0 Å². The summed E-state index contributed by atoms with van der Waals surface area (Å²) in [7, 11) is 1.33. The zero-order chi connectivity index (χ0) is 14.7. The molecule has 0 bridgehead atoms. The summed E-state index contributed by atoms with van der Waals surface area (Å²) in [6.45, 7) is 0. The van der Waals surface area contributed by atoms with Crippen LogP contribution in [0, 0.1) is 17.5 Å². The first-order valence-electron chi connectivity index (χ1n) is 5.60. The van der Waals surface area contributed by atoms with E-state index in [0.29, 0.717) is 6.07 Å². The van der Waals surface area contributed by atoms with Crippen molar-refractivity contribution in [2.75, 3.05) is 12.4 Å². The highest BCUT2D eigenvalue weighted by Crippen LogP contribution is 2.21. The van der Waals surface area contributed by atoms with Gasteiger partial charge in [-0.25, -0.2) is 13.2 Å². The zero-order valence-electron chi connectivity index (χ0n) is 10.4. The second-order valence-electron chi connectivity index (χ2n) is 3.96. The van der Waals surface area contributed by atoms with Crippen molar-refractivity contribution >= 4 is 11.6 Å². The average molecular weight is 281 g/mol. The van der Waals surface area contributed by atoms with Crippen LogP contribution in [0.4, 0.5) is 18.9 Å². The van der Waals surface area contributed by atoms with E-state index in [-0.39, 0.29) is 17.0 Å². The summed E-state index contributed by atoms with van der Waals surface area (Å²) >= 11 is 0. The van der Waals surface area contributed by atoms with Gasteiger partial charge in [-0.15, -0.1) is 0 Å². The number of methoxy groups -OCH3 is 1. The first-order valence-corrected chi connectivity index (χ1v) is 5.60. The number of hydrogen-bond acceptors (Lipinski definition) is 2. The fourth-order valence-corrected chi connectivity index (χ4v) is 1.68. The molecule has 6 heteroatoms. The predicted molar refractivity (Wildman–Crippen MR) is 67.3 cm³/mol. The first-order chi connectivity index (χ1) is 9.49. The average Bonchev–Trinajstić information content (AvgIpc) is 2.37. The lowest BCUT2D eigenvalue weighted by molar-refractivity contribution is 0.102. The summed E-state index contributed by atoms with van der Waals surface area (Å²) in [5, 5.41) is 2.28. The van der Waals surface area contributed by atoms with E-state index in [1.807, 2.05) is 0 Å². The number of carbonyl (C=O) groups excluding carboxylic acids is 1. The van der Waals surface area contributed by atoms with Crippen LogP contribution in [0.15, 0.2) is 36.4 Å². The van der Waals surface area contributed by atoms with Gasteiger partial charge in [-0.1, -0.05) is 0 Å². The molecule has 0 heterocycles. The summed E-state index contributed by atoms with van der Waals surface area (Å²) < 4.78 is 44.1. The van der Waals surface area contributed by atoms with Crippen LogP contribution in [0.25, 0.3) is 0 Å². The fourth-order valence-electron chi connectivity index (χ4n) is 1.68. The minimum atomic E-state index is -0.827. The van der Waals surface area contributed by atoms with Crippen molar-refractivity contribution in [2.24, 2.45) is 0 Å². The third-order valence-electron chi connectivity index (χ3n) is 2.53. The highest BCUT2D eigenvalue weighted by Gasteiger charge is 2.14. The van der Waals surface area contributed by atoms with E-state index in [1.54, 1.807) is 0 Å². The van der Waals surface area contributed by atoms with Crippen LogP contribution in [0.5, 0.6) is 5.75 Å². The fraction of sp³-hybridized carbons (Fsp3) is 0.0714. The molecule has 1 amide bonds. The molecule has 0 aromatic heterocycles. The van der Waals surface area contributed by atoms with Crippen LogP contribution in [0.1, 0.15) is 10.4 Å². The van der Waals surface area contributed by atoms with E-state index in [2.05, 4.69) is 5.32 Å². The summed E-state index contributed by atoms with van der Waals surface area (Å²) in [6.07, 6.45) is 0. The van der Waals surface area contributed by atoms with Crippen molar-refractivity contribution in [2.45, 2.75) is 0 Å². The summed E-state index contributed by atoms with van der Waals surface area (Å²) in [5.74, 6) is -2.86. The largest absolute Gasteiger partial charge is 0.496 e. The van der Waals surface area contributed by atoms with Crippen molar-refractivity contribution < 1.29 is 22.7 Å². The Morgan fingerprint density at radius 3 is 2.25 bits per heavy atom. The second-order valence-corrected chi connectivity index (χ2v) is 3.96. The predicted octanol–water partition coefficient (Wildman–Crippen LogP) is 3.36. The Balaban J connectivity index is 2.30. The van der Waals surface area contributed by atoms with Gasteiger partial charge in [-0.3, -0.25) is 4.79 Å². The smallest absolute Gasteiger partial charge is 0.259 e. The molecule has 0 spiro atoms. The van der Waals surface area contributed by atoms with E-state index in [4.69, 9.17) is 4.74 Å². The number of amides is 1. The molecular formula is C14H10F3NO2. The van der Waals surface area contributed by atoms with Gasteiger partial charge in [-0.2, -0.15) is 0 Å². The molecule has 0 aliphatic rings. The summed E-state index contributed by atoms with van der Waals surface area (Å²) in [5.41, 5.74) is -0.143. The van der Waals surface area contributed by atoms with Gasteiger partial charge in [0.25, 0.3) is 5.91 Å². The molecule has 2 aromatic rings. The van der Waals surface area contributed by atoms with E-state index in [0.717, 1.165) is 24.3 Å². The van der Waals surface area contributed by atoms with Gasteiger partial charge >= 0.3 is 0 Å². The van der Waals surface area contributed by atoms with Crippen LogP contribution in [-0.4, -0.2) is 13.0 Å². The van der Waals surface area contributed by atoms with Gasteiger partial charge < -0.3 is 10.1 Å². The maximum atomic E-state index is 13.2. The van der Waals surface area contributed by atoms with Crippen molar-refractivity contribution in [3.63, 3.8) is 0 Å². The lowest BCUT2D eigenvalue weighted by atomic mass is 10.1. The quantitative estimate of drug-likeness (QED) is 0.936. The molecule has 3 nitrogen and oxygen atoms in total. The Morgan fingerprint density at radius 1 is 1.00 bits per heavy atom. The van der Waals surface area contributed by atoms with Crippen molar-refractivity contribution in [1.29, 1.82) is 0 Å². The number of halogens is 3. The number of ether oxygens (including phenoxy) is 1. The zero-order valence-corrected chi connectivity index (χ0v) is 10.4. The Hall–Kier alpha value is -2.50. The lowest BCUT2D eigenvalue weighted by Crippen LogP contribution is -2.13. The maximum Gasteiger partial charge on any atom is 0.259 e. The van der Waals surface area contributed by atoms with Gasteiger partial charge in [-0.05, 0) is 30.3 Å². The molecule has 104 valence electrons. The second kappa shape index (κ2) is 5.64. The molecule has 0 unspecified atom stereocenters. The third-order valence-corrected chi connectivity index (χ3v) is 2.53. The Morgan fingerprint density at radius 2 is 1.65 bits per heavy atom. The number of anilines is 1. The van der Waals surface area contributed by atoms with E-state index < -0.39 is 23.4 Å². The molecule has 0 aliphatic carbocycles. The summed E-state index contributed by atoms with van der Waals surface area (Å²) in [4.78, 5) is 12.0. The van der Waals surface area contributed by atoms with Crippen LogP contribution < -0.4 is 10.1 Å². The van der Waals surface area contributed by atoms with E-state index in [1.165, 1.54) is 13.2 Å². The third kappa shape index (κ3) is 3.09. The number of rotatable bonds is 3. The molecular weight excluding hydrogens is 271 g/mol. The molecule has 1 N–H and O–H groups in total. The van der Waals surface area contributed by atoms with Crippen LogP contribution >= 0.6 is 0 Å². The number of nitrogens with one attached hydrogen (secondary N) is 1. The molecule has 0 saturated carbocycles. The minimum Gasteiger partial charge on any atom is -0.496 e. The number of carbonyl (C=O) groups is 1. The van der Waals surface area contributed by atoms with Crippen LogP contribution in [0.3, 0.4) is 0 Å². The normalized spacial score (nSPS) is 10.2. The van der Waals surface area contributed by atoms with Gasteiger partial charge in [0.2, 0.25) is 0 Å². The van der Waals surface area contributed by atoms with Gasteiger partial charge in [0, 0.05) is 11.8 Å². The SMILES string of the molecule is COc1ccc(F)cc1C(=O)Nc1cc(F)cc(F)c1. The molecule has 0 saturated heterocycles. The van der Waals surface area contributed by atoms with Crippen molar-refractivity contribution in [3.05, 3.63) is 59.4 Å². The summed E-state index contributed by atoms with van der Waals surface area (Å²) in [6, 6.07) is 5.98. The highest BCUT2D eigenvalue weighted by atomic mass is 19.1. The van der Waals surface area contributed by atoms with Gasteiger partial charge in [0.05, 0.1) is 12.7 Å². The molecule has 0 fully saturated rings.